The van der Waals surface area contributed by atoms with Crippen LogP contribution in [0.2, 0.25) is 0 Å². The molecule has 98 valence electrons. The second kappa shape index (κ2) is 4.46. The summed E-state index contributed by atoms with van der Waals surface area (Å²) in [5.74, 6) is 0.245. The lowest BCUT2D eigenvalue weighted by atomic mass is 10.2. The van der Waals surface area contributed by atoms with Crippen LogP contribution in [-0.4, -0.2) is 15.7 Å². The Morgan fingerprint density at radius 3 is 2.61 bits per heavy atom. The molecule has 0 bridgehead atoms. The highest BCUT2D eigenvalue weighted by molar-refractivity contribution is 6.20. The van der Waals surface area contributed by atoms with Crippen LogP contribution in [0.4, 0.5) is 13.2 Å². The van der Waals surface area contributed by atoms with Crippen molar-refractivity contribution < 1.29 is 13.2 Å². The molecule has 0 aliphatic rings. The lowest BCUT2D eigenvalue weighted by Gasteiger charge is -2.12. The van der Waals surface area contributed by atoms with Gasteiger partial charge in [0.15, 0.2) is 0 Å². The van der Waals surface area contributed by atoms with E-state index in [0.29, 0.717) is 11.0 Å². The second-order valence-electron chi connectivity index (χ2n) is 4.28. The highest BCUT2D eigenvalue weighted by atomic mass is 35.5. The van der Waals surface area contributed by atoms with Gasteiger partial charge < -0.3 is 4.57 Å². The maximum absolute atomic E-state index is 12.6. The Kier molecular flexibility index (Phi) is 3.27. The lowest BCUT2D eigenvalue weighted by Crippen LogP contribution is -2.19. The molecule has 2 rings (SSSR count). The minimum atomic E-state index is -4.29. The molecule has 0 saturated carbocycles. The van der Waals surface area contributed by atoms with Crippen molar-refractivity contribution in [2.75, 3.05) is 0 Å². The molecule has 2 nitrogen and oxygen atoms in total. The molecule has 18 heavy (non-hydrogen) atoms. The standard InChI is InChI=1S/C12H12ClF3N2/c1-7-3-4-10-9(5-7)17-11(8(2)13)18(10)6-12(14,15)16/h3-5,8H,6H2,1-2H3. The molecule has 1 aromatic carbocycles. The molecule has 0 radical (unpaired) electrons. The van der Waals surface area contributed by atoms with Crippen LogP contribution in [-0.2, 0) is 6.54 Å². The van der Waals surface area contributed by atoms with E-state index >= 15 is 0 Å². The number of aryl methyl sites for hydroxylation is 1. The molecule has 0 spiro atoms. The Morgan fingerprint density at radius 2 is 2.06 bits per heavy atom. The largest absolute Gasteiger partial charge is 0.406 e. The SMILES string of the molecule is Cc1ccc2c(c1)nc(C(C)Cl)n2CC(F)(F)F. The van der Waals surface area contributed by atoms with Gasteiger partial charge in [0, 0.05) is 0 Å². The highest BCUT2D eigenvalue weighted by Crippen LogP contribution is 2.28. The molecular weight excluding hydrogens is 265 g/mol. The van der Waals surface area contributed by atoms with Crippen LogP contribution in [0.25, 0.3) is 11.0 Å². The number of halogens is 4. The number of imidazole rings is 1. The summed E-state index contributed by atoms with van der Waals surface area (Å²) in [6, 6.07) is 5.16. The first-order valence-electron chi connectivity index (χ1n) is 5.45. The Labute approximate surface area is 107 Å². The van der Waals surface area contributed by atoms with Crippen molar-refractivity contribution in [1.82, 2.24) is 9.55 Å². The monoisotopic (exact) mass is 276 g/mol. The van der Waals surface area contributed by atoms with Gasteiger partial charge in [-0.1, -0.05) is 6.07 Å². The van der Waals surface area contributed by atoms with E-state index in [1.54, 1.807) is 25.1 Å². The van der Waals surface area contributed by atoms with Gasteiger partial charge in [0.1, 0.15) is 12.4 Å². The average molecular weight is 277 g/mol. The quantitative estimate of drug-likeness (QED) is 0.752. The molecule has 1 unspecified atom stereocenters. The number of hydrogen-bond acceptors (Lipinski definition) is 1. The van der Waals surface area contributed by atoms with Crippen molar-refractivity contribution in [1.29, 1.82) is 0 Å². The molecule has 6 heteroatoms. The molecule has 0 fully saturated rings. The first-order valence-corrected chi connectivity index (χ1v) is 5.89. The van der Waals surface area contributed by atoms with Gasteiger partial charge in [-0.25, -0.2) is 4.98 Å². The minimum absolute atomic E-state index is 0.245. The van der Waals surface area contributed by atoms with E-state index in [-0.39, 0.29) is 5.82 Å². The molecule has 1 atom stereocenters. The fourth-order valence-electron chi connectivity index (χ4n) is 1.91. The van der Waals surface area contributed by atoms with Crippen LogP contribution in [0.15, 0.2) is 18.2 Å². The van der Waals surface area contributed by atoms with Crippen molar-refractivity contribution in [3.05, 3.63) is 29.6 Å². The third kappa shape index (κ3) is 2.61. The predicted octanol–water partition coefficient (Wildman–Crippen LogP) is 4.21. The van der Waals surface area contributed by atoms with E-state index in [4.69, 9.17) is 11.6 Å². The summed E-state index contributed by atoms with van der Waals surface area (Å²) in [6.45, 7) is 2.41. The predicted molar refractivity (Wildman–Crippen MR) is 64.8 cm³/mol. The van der Waals surface area contributed by atoms with Gasteiger partial charge in [-0.15, -0.1) is 11.6 Å². The van der Waals surface area contributed by atoms with E-state index in [9.17, 15) is 13.2 Å². The summed E-state index contributed by atoms with van der Waals surface area (Å²) >= 11 is 5.90. The molecule has 0 aliphatic heterocycles. The maximum Gasteiger partial charge on any atom is 0.406 e. The zero-order valence-electron chi connectivity index (χ0n) is 9.92. The molecule has 0 aliphatic carbocycles. The van der Waals surface area contributed by atoms with Crippen LogP contribution < -0.4 is 0 Å². The first-order chi connectivity index (χ1) is 8.28. The number of benzene rings is 1. The van der Waals surface area contributed by atoms with E-state index < -0.39 is 18.1 Å². The van der Waals surface area contributed by atoms with Crippen LogP contribution >= 0.6 is 11.6 Å². The summed E-state index contributed by atoms with van der Waals surface area (Å²) in [4.78, 5) is 4.19. The Hall–Kier alpha value is -1.23. The summed E-state index contributed by atoms with van der Waals surface area (Å²) in [6.07, 6.45) is -4.29. The van der Waals surface area contributed by atoms with Crippen LogP contribution in [0.3, 0.4) is 0 Å². The molecule has 0 saturated heterocycles. The van der Waals surface area contributed by atoms with Gasteiger partial charge in [-0.2, -0.15) is 13.2 Å². The molecular formula is C12H12ClF3N2. The fourth-order valence-corrected chi connectivity index (χ4v) is 2.07. The summed E-state index contributed by atoms with van der Waals surface area (Å²) in [7, 11) is 0. The van der Waals surface area contributed by atoms with E-state index in [2.05, 4.69) is 4.98 Å². The van der Waals surface area contributed by atoms with E-state index in [1.165, 1.54) is 0 Å². The van der Waals surface area contributed by atoms with Gasteiger partial charge >= 0.3 is 6.18 Å². The number of hydrogen-bond donors (Lipinski definition) is 0. The minimum Gasteiger partial charge on any atom is -0.318 e. The number of aromatic nitrogens is 2. The Bertz CT molecular complexity index is 572. The number of nitrogens with zero attached hydrogens (tertiary/aromatic N) is 2. The fraction of sp³-hybridized carbons (Fsp3) is 0.417. The van der Waals surface area contributed by atoms with Crippen LogP contribution in [0, 0.1) is 6.92 Å². The van der Waals surface area contributed by atoms with Gasteiger partial charge in [0.25, 0.3) is 0 Å². The Morgan fingerprint density at radius 1 is 1.39 bits per heavy atom. The smallest absolute Gasteiger partial charge is 0.318 e. The topological polar surface area (TPSA) is 17.8 Å². The molecule has 0 amide bonds. The van der Waals surface area contributed by atoms with E-state index in [0.717, 1.165) is 10.1 Å². The molecule has 1 aromatic heterocycles. The van der Waals surface area contributed by atoms with Crippen molar-refractivity contribution in [3.63, 3.8) is 0 Å². The van der Waals surface area contributed by atoms with Gasteiger partial charge in [-0.05, 0) is 31.5 Å². The van der Waals surface area contributed by atoms with E-state index in [1.807, 2.05) is 6.92 Å². The van der Waals surface area contributed by atoms with Crippen LogP contribution in [0.1, 0.15) is 23.7 Å². The third-order valence-corrected chi connectivity index (χ3v) is 2.82. The first kappa shape index (κ1) is 13.2. The van der Waals surface area contributed by atoms with Crippen molar-refractivity contribution >= 4 is 22.6 Å². The van der Waals surface area contributed by atoms with Gasteiger partial charge in [0.2, 0.25) is 0 Å². The summed E-state index contributed by atoms with van der Waals surface area (Å²) < 4.78 is 38.9. The zero-order chi connectivity index (χ0) is 13.5. The average Bonchev–Trinajstić information content (AvgIpc) is 2.54. The Balaban J connectivity index is 2.63. The van der Waals surface area contributed by atoms with Crippen molar-refractivity contribution in [2.45, 2.75) is 31.9 Å². The zero-order valence-corrected chi connectivity index (χ0v) is 10.7. The molecule has 0 N–H and O–H groups in total. The van der Waals surface area contributed by atoms with Gasteiger partial charge in [-0.3, -0.25) is 0 Å². The van der Waals surface area contributed by atoms with Gasteiger partial charge in [0.05, 0.1) is 16.4 Å². The number of fused-ring (bicyclic) bond motifs is 1. The summed E-state index contributed by atoms with van der Waals surface area (Å²) in [5, 5.41) is -0.569. The number of rotatable bonds is 2. The second-order valence-corrected chi connectivity index (χ2v) is 4.93. The normalized spacial score (nSPS) is 14.1. The lowest BCUT2D eigenvalue weighted by molar-refractivity contribution is -0.140. The van der Waals surface area contributed by atoms with Crippen molar-refractivity contribution in [3.8, 4) is 0 Å². The summed E-state index contributed by atoms with van der Waals surface area (Å²) in [5.41, 5.74) is 1.95. The maximum atomic E-state index is 12.6. The number of alkyl halides is 4. The molecule has 2 aromatic rings. The highest BCUT2D eigenvalue weighted by Gasteiger charge is 2.31. The van der Waals surface area contributed by atoms with Crippen LogP contribution in [0.5, 0.6) is 0 Å². The third-order valence-electron chi connectivity index (χ3n) is 2.63. The van der Waals surface area contributed by atoms with Crippen molar-refractivity contribution in [2.24, 2.45) is 0 Å². The molecule has 1 heterocycles.